The SMILES string of the molecule is Cc1ccc2cc(Nc3ccc(F)cc3N)ccc2c1. The highest BCUT2D eigenvalue weighted by atomic mass is 19.1. The van der Waals surface area contributed by atoms with Gasteiger partial charge in [0.1, 0.15) is 5.82 Å². The third-order valence-electron chi connectivity index (χ3n) is 3.29. The van der Waals surface area contributed by atoms with Crippen molar-refractivity contribution in [2.45, 2.75) is 6.92 Å². The van der Waals surface area contributed by atoms with Gasteiger partial charge >= 0.3 is 0 Å². The first kappa shape index (κ1) is 12.5. The van der Waals surface area contributed by atoms with E-state index < -0.39 is 0 Å². The van der Waals surface area contributed by atoms with Crippen LogP contribution < -0.4 is 11.1 Å². The second-order valence-corrected chi connectivity index (χ2v) is 4.92. The molecule has 0 saturated carbocycles. The summed E-state index contributed by atoms with van der Waals surface area (Å²) in [6, 6.07) is 16.8. The zero-order valence-electron chi connectivity index (χ0n) is 11.2. The molecule has 0 bridgehead atoms. The number of benzene rings is 3. The van der Waals surface area contributed by atoms with Crippen molar-refractivity contribution in [3.8, 4) is 0 Å². The van der Waals surface area contributed by atoms with E-state index in [9.17, 15) is 4.39 Å². The highest BCUT2D eigenvalue weighted by molar-refractivity contribution is 5.87. The lowest BCUT2D eigenvalue weighted by Crippen LogP contribution is -1.96. The molecular formula is C17H15FN2. The minimum atomic E-state index is -0.331. The Morgan fingerprint density at radius 1 is 0.900 bits per heavy atom. The van der Waals surface area contributed by atoms with Crippen molar-refractivity contribution in [3.05, 3.63) is 66.0 Å². The van der Waals surface area contributed by atoms with Crippen LogP contribution in [0.25, 0.3) is 10.8 Å². The smallest absolute Gasteiger partial charge is 0.125 e. The van der Waals surface area contributed by atoms with E-state index in [1.54, 1.807) is 6.07 Å². The summed E-state index contributed by atoms with van der Waals surface area (Å²) in [5, 5.41) is 5.57. The molecule has 0 fully saturated rings. The maximum absolute atomic E-state index is 13.0. The van der Waals surface area contributed by atoms with Gasteiger partial charge in [0.2, 0.25) is 0 Å². The molecule has 0 atom stereocenters. The van der Waals surface area contributed by atoms with Gasteiger partial charge in [-0.2, -0.15) is 0 Å². The normalized spacial score (nSPS) is 10.7. The van der Waals surface area contributed by atoms with Crippen molar-refractivity contribution in [2.75, 3.05) is 11.1 Å². The van der Waals surface area contributed by atoms with E-state index in [-0.39, 0.29) is 5.82 Å². The van der Waals surface area contributed by atoms with Gasteiger partial charge in [0.15, 0.2) is 0 Å². The maximum atomic E-state index is 13.0. The van der Waals surface area contributed by atoms with E-state index >= 15 is 0 Å². The molecule has 3 rings (SSSR count). The molecule has 2 nitrogen and oxygen atoms in total. The first-order valence-electron chi connectivity index (χ1n) is 6.44. The molecule has 0 aliphatic rings. The lowest BCUT2D eigenvalue weighted by Gasteiger charge is -2.10. The quantitative estimate of drug-likeness (QED) is 0.664. The molecule has 0 radical (unpaired) electrons. The predicted molar refractivity (Wildman–Crippen MR) is 82.8 cm³/mol. The largest absolute Gasteiger partial charge is 0.397 e. The second kappa shape index (κ2) is 4.85. The lowest BCUT2D eigenvalue weighted by molar-refractivity contribution is 0.628. The van der Waals surface area contributed by atoms with Gasteiger partial charge in [-0.25, -0.2) is 4.39 Å². The van der Waals surface area contributed by atoms with Crippen LogP contribution >= 0.6 is 0 Å². The molecule has 0 unspecified atom stereocenters. The van der Waals surface area contributed by atoms with Gasteiger partial charge in [0.05, 0.1) is 11.4 Å². The lowest BCUT2D eigenvalue weighted by atomic mass is 10.1. The summed E-state index contributed by atoms with van der Waals surface area (Å²) in [5.74, 6) is -0.331. The van der Waals surface area contributed by atoms with E-state index in [4.69, 9.17) is 5.73 Å². The minimum absolute atomic E-state index is 0.331. The van der Waals surface area contributed by atoms with Gasteiger partial charge in [-0.3, -0.25) is 0 Å². The molecular weight excluding hydrogens is 251 g/mol. The molecule has 3 aromatic carbocycles. The predicted octanol–water partition coefficient (Wildman–Crippen LogP) is 4.61. The molecule has 0 aliphatic heterocycles. The second-order valence-electron chi connectivity index (χ2n) is 4.92. The summed E-state index contributed by atoms with van der Waals surface area (Å²) in [6.45, 7) is 2.07. The fourth-order valence-electron chi connectivity index (χ4n) is 2.25. The zero-order valence-corrected chi connectivity index (χ0v) is 11.2. The molecule has 0 aliphatic carbocycles. The summed E-state index contributed by atoms with van der Waals surface area (Å²) < 4.78 is 13.0. The fraction of sp³-hybridized carbons (Fsp3) is 0.0588. The van der Waals surface area contributed by atoms with Crippen molar-refractivity contribution in [2.24, 2.45) is 0 Å². The maximum Gasteiger partial charge on any atom is 0.125 e. The van der Waals surface area contributed by atoms with Gasteiger partial charge in [-0.15, -0.1) is 0 Å². The van der Waals surface area contributed by atoms with Crippen LogP contribution in [-0.2, 0) is 0 Å². The first-order chi connectivity index (χ1) is 9.61. The van der Waals surface area contributed by atoms with Crippen molar-refractivity contribution < 1.29 is 4.39 Å². The molecule has 0 heterocycles. The average Bonchev–Trinajstić information content (AvgIpc) is 2.42. The molecule has 100 valence electrons. The van der Waals surface area contributed by atoms with Gasteiger partial charge in [0.25, 0.3) is 0 Å². The number of rotatable bonds is 2. The van der Waals surface area contributed by atoms with Gasteiger partial charge in [0, 0.05) is 5.69 Å². The molecule has 0 amide bonds. The summed E-state index contributed by atoms with van der Waals surface area (Å²) in [6.07, 6.45) is 0. The third kappa shape index (κ3) is 2.43. The van der Waals surface area contributed by atoms with E-state index in [0.717, 1.165) is 11.1 Å². The van der Waals surface area contributed by atoms with Crippen molar-refractivity contribution in [1.82, 2.24) is 0 Å². The average molecular weight is 266 g/mol. The first-order valence-corrected chi connectivity index (χ1v) is 6.44. The Morgan fingerprint density at radius 3 is 2.45 bits per heavy atom. The Hall–Kier alpha value is -2.55. The Balaban J connectivity index is 1.96. The molecule has 0 aromatic heterocycles. The molecule has 20 heavy (non-hydrogen) atoms. The standard InChI is InChI=1S/C17H15FN2/c1-11-2-3-13-9-15(6-4-12(13)8-11)20-17-7-5-14(18)10-16(17)19/h2-10,20H,19H2,1H3. The van der Waals surface area contributed by atoms with Crippen molar-refractivity contribution in [3.63, 3.8) is 0 Å². The molecule has 0 spiro atoms. The van der Waals surface area contributed by atoms with Gasteiger partial charge < -0.3 is 11.1 Å². The van der Waals surface area contributed by atoms with Crippen LogP contribution in [0.3, 0.4) is 0 Å². The Bertz CT molecular complexity index is 781. The van der Waals surface area contributed by atoms with E-state index in [0.29, 0.717) is 11.4 Å². The number of nitrogens with one attached hydrogen (secondary N) is 1. The molecule has 3 heteroatoms. The van der Waals surface area contributed by atoms with E-state index in [1.165, 1.54) is 23.1 Å². The van der Waals surface area contributed by atoms with Crippen LogP contribution in [-0.4, -0.2) is 0 Å². The summed E-state index contributed by atoms with van der Waals surface area (Å²) in [7, 11) is 0. The van der Waals surface area contributed by atoms with E-state index in [2.05, 4.69) is 42.6 Å². The number of fused-ring (bicyclic) bond motifs is 1. The Labute approximate surface area is 117 Å². The minimum Gasteiger partial charge on any atom is -0.397 e. The van der Waals surface area contributed by atoms with Crippen LogP contribution in [0.1, 0.15) is 5.56 Å². The number of aryl methyl sites for hydroxylation is 1. The highest BCUT2D eigenvalue weighted by Crippen LogP contribution is 2.26. The number of halogens is 1. The molecule has 3 N–H and O–H groups in total. The third-order valence-corrected chi connectivity index (χ3v) is 3.29. The van der Waals surface area contributed by atoms with Crippen molar-refractivity contribution in [1.29, 1.82) is 0 Å². The van der Waals surface area contributed by atoms with Crippen LogP contribution in [0, 0.1) is 12.7 Å². The Morgan fingerprint density at radius 2 is 1.65 bits per heavy atom. The van der Waals surface area contributed by atoms with Crippen LogP contribution in [0.4, 0.5) is 21.5 Å². The number of hydrogen-bond donors (Lipinski definition) is 2. The number of anilines is 3. The Kier molecular flexibility index (Phi) is 3.03. The van der Waals surface area contributed by atoms with Gasteiger partial charge in [-0.1, -0.05) is 29.8 Å². The topological polar surface area (TPSA) is 38.0 Å². The number of nitrogens with two attached hydrogens (primary N) is 1. The van der Waals surface area contributed by atoms with Crippen LogP contribution in [0.2, 0.25) is 0 Å². The van der Waals surface area contributed by atoms with Crippen molar-refractivity contribution >= 4 is 27.8 Å². The van der Waals surface area contributed by atoms with Crippen LogP contribution in [0.5, 0.6) is 0 Å². The summed E-state index contributed by atoms with van der Waals surface area (Å²) in [4.78, 5) is 0. The monoisotopic (exact) mass is 266 g/mol. The van der Waals surface area contributed by atoms with Gasteiger partial charge in [-0.05, 0) is 48.0 Å². The molecule has 0 saturated heterocycles. The highest BCUT2D eigenvalue weighted by Gasteiger charge is 2.02. The zero-order chi connectivity index (χ0) is 14.1. The number of nitrogen functional groups attached to an aromatic ring is 1. The number of hydrogen-bond acceptors (Lipinski definition) is 2. The molecule has 3 aromatic rings. The fourth-order valence-corrected chi connectivity index (χ4v) is 2.25. The van der Waals surface area contributed by atoms with E-state index in [1.807, 2.05) is 6.07 Å². The summed E-state index contributed by atoms with van der Waals surface area (Å²) in [5.41, 5.74) is 9.07. The summed E-state index contributed by atoms with van der Waals surface area (Å²) >= 11 is 0. The van der Waals surface area contributed by atoms with Crippen LogP contribution in [0.15, 0.2) is 54.6 Å².